The molecule has 0 radical (unpaired) electrons. The molecule has 25 heavy (non-hydrogen) atoms. The summed E-state index contributed by atoms with van der Waals surface area (Å²) in [5.41, 5.74) is 0.0100. The van der Waals surface area contributed by atoms with E-state index >= 15 is 0 Å². The minimum Gasteiger partial charge on any atom is -0.480 e. The van der Waals surface area contributed by atoms with E-state index in [-0.39, 0.29) is 25.7 Å². The van der Waals surface area contributed by atoms with Crippen molar-refractivity contribution < 1.29 is 18.3 Å². The topological polar surface area (TPSA) is 74.7 Å². The Balaban J connectivity index is 2.75. The number of carboxylic acid groups (broad SMARTS) is 1. The van der Waals surface area contributed by atoms with Crippen LogP contribution < -0.4 is 4.31 Å². The number of halogens is 4. The first-order valence-electron chi connectivity index (χ1n) is 6.73. The largest absolute Gasteiger partial charge is 0.480 e. The van der Waals surface area contributed by atoms with Gasteiger partial charge < -0.3 is 5.11 Å². The zero-order valence-electron chi connectivity index (χ0n) is 12.6. The van der Waals surface area contributed by atoms with Crippen LogP contribution in [0.2, 0.25) is 15.1 Å². The Kier molecular flexibility index (Phi) is 6.27. The van der Waals surface area contributed by atoms with Crippen molar-refractivity contribution in [2.75, 3.05) is 4.31 Å². The summed E-state index contributed by atoms with van der Waals surface area (Å²) >= 11 is 21.3. The first-order chi connectivity index (χ1) is 11.6. The number of nitrogens with zero attached hydrogens (tertiary/aromatic N) is 1. The van der Waals surface area contributed by atoms with E-state index < -0.39 is 22.0 Å². The van der Waals surface area contributed by atoms with Gasteiger partial charge in [-0.2, -0.15) is 0 Å². The molecule has 0 aliphatic carbocycles. The van der Waals surface area contributed by atoms with Crippen LogP contribution in [0.15, 0.2) is 45.8 Å². The second-order valence-corrected chi connectivity index (χ2v) is 8.94. The maximum Gasteiger partial charge on any atom is 0.327 e. The van der Waals surface area contributed by atoms with E-state index in [1.165, 1.54) is 31.2 Å². The van der Waals surface area contributed by atoms with Crippen molar-refractivity contribution in [1.82, 2.24) is 0 Å². The molecule has 0 fully saturated rings. The van der Waals surface area contributed by atoms with Gasteiger partial charge in [-0.1, -0.05) is 50.7 Å². The lowest BCUT2D eigenvalue weighted by molar-refractivity contribution is -0.137. The summed E-state index contributed by atoms with van der Waals surface area (Å²) in [5.74, 6) is -1.35. The van der Waals surface area contributed by atoms with Crippen LogP contribution in [-0.4, -0.2) is 25.5 Å². The van der Waals surface area contributed by atoms with Crippen LogP contribution in [0, 0.1) is 0 Å². The highest BCUT2D eigenvalue weighted by atomic mass is 79.9. The van der Waals surface area contributed by atoms with E-state index in [0.717, 1.165) is 6.07 Å². The molecule has 1 atom stereocenters. The average Bonchev–Trinajstić information content (AvgIpc) is 2.51. The number of hydrogen-bond donors (Lipinski definition) is 1. The molecule has 2 aromatic rings. The number of hydrogen-bond acceptors (Lipinski definition) is 3. The molecule has 2 rings (SSSR count). The van der Waals surface area contributed by atoms with Gasteiger partial charge in [0.1, 0.15) is 10.9 Å². The zero-order chi connectivity index (χ0) is 18.9. The van der Waals surface area contributed by atoms with Crippen LogP contribution in [0.5, 0.6) is 0 Å². The van der Waals surface area contributed by atoms with E-state index in [4.69, 9.17) is 34.8 Å². The Morgan fingerprint density at radius 2 is 1.76 bits per heavy atom. The highest BCUT2D eigenvalue weighted by molar-refractivity contribution is 9.10. The van der Waals surface area contributed by atoms with E-state index in [1.807, 2.05) is 0 Å². The lowest BCUT2D eigenvalue weighted by Crippen LogP contribution is -2.43. The maximum atomic E-state index is 13.1. The van der Waals surface area contributed by atoms with Gasteiger partial charge in [0.25, 0.3) is 10.0 Å². The summed E-state index contributed by atoms with van der Waals surface area (Å²) in [4.78, 5) is 11.2. The van der Waals surface area contributed by atoms with Crippen LogP contribution in [0.4, 0.5) is 5.69 Å². The molecule has 0 aliphatic heterocycles. The first-order valence-corrected chi connectivity index (χ1v) is 10.1. The predicted molar refractivity (Wildman–Crippen MR) is 102 cm³/mol. The number of carbonyl (C=O) groups is 1. The molecule has 0 spiro atoms. The molecule has 0 aromatic heterocycles. The van der Waals surface area contributed by atoms with Gasteiger partial charge in [0, 0.05) is 9.50 Å². The number of rotatable bonds is 5. The van der Waals surface area contributed by atoms with Crippen molar-refractivity contribution in [3.8, 4) is 0 Å². The number of anilines is 1. The van der Waals surface area contributed by atoms with Gasteiger partial charge in [-0.05, 0) is 43.3 Å². The normalized spacial score (nSPS) is 12.7. The predicted octanol–water partition coefficient (Wildman–Crippen LogP) is 5.08. The van der Waals surface area contributed by atoms with Crippen LogP contribution in [0.1, 0.15) is 6.92 Å². The molecule has 0 saturated heterocycles. The van der Waals surface area contributed by atoms with Crippen LogP contribution >= 0.6 is 50.7 Å². The molecule has 0 aliphatic rings. The molecule has 0 saturated carbocycles. The van der Waals surface area contributed by atoms with E-state index in [2.05, 4.69) is 15.9 Å². The smallest absolute Gasteiger partial charge is 0.327 e. The van der Waals surface area contributed by atoms with Crippen LogP contribution in [0.25, 0.3) is 0 Å². The van der Waals surface area contributed by atoms with Crippen molar-refractivity contribution >= 4 is 72.4 Å². The van der Waals surface area contributed by atoms with Crippen LogP contribution in [-0.2, 0) is 14.8 Å². The third kappa shape index (κ3) is 4.23. The summed E-state index contributed by atoms with van der Waals surface area (Å²) in [6.07, 6.45) is 0. The van der Waals surface area contributed by atoms with Crippen molar-refractivity contribution in [2.24, 2.45) is 0 Å². The molecule has 134 valence electrons. The summed E-state index contributed by atoms with van der Waals surface area (Å²) in [6.45, 7) is 1.23. The van der Waals surface area contributed by atoms with E-state index in [1.54, 1.807) is 6.07 Å². The first kappa shape index (κ1) is 20.3. The molecule has 1 unspecified atom stereocenters. The third-order valence-corrected chi connectivity index (χ3v) is 6.68. The average molecular weight is 488 g/mol. The highest BCUT2D eigenvalue weighted by Crippen LogP contribution is 2.36. The lowest BCUT2D eigenvalue weighted by Gasteiger charge is -2.29. The molecule has 5 nitrogen and oxygen atoms in total. The monoisotopic (exact) mass is 485 g/mol. The van der Waals surface area contributed by atoms with Crippen LogP contribution in [0.3, 0.4) is 0 Å². The molecular formula is C15H11BrCl3NO4S. The van der Waals surface area contributed by atoms with E-state index in [9.17, 15) is 18.3 Å². The zero-order valence-corrected chi connectivity index (χ0v) is 17.3. The van der Waals surface area contributed by atoms with Gasteiger partial charge in [-0.15, -0.1) is 0 Å². The van der Waals surface area contributed by atoms with Gasteiger partial charge in [-0.3, -0.25) is 4.31 Å². The maximum absolute atomic E-state index is 13.1. The fraction of sp³-hybridized carbons (Fsp3) is 0.133. The van der Waals surface area contributed by atoms with Crippen molar-refractivity contribution in [1.29, 1.82) is 0 Å². The Hall–Kier alpha value is -0.990. The summed E-state index contributed by atoms with van der Waals surface area (Å²) in [5, 5.41) is 9.50. The SMILES string of the molecule is CC(C(=O)O)N(c1ccc(Br)cc1Cl)S(=O)(=O)c1cc(Cl)ccc1Cl. The second kappa shape index (κ2) is 7.72. The van der Waals surface area contributed by atoms with E-state index in [0.29, 0.717) is 8.78 Å². The van der Waals surface area contributed by atoms with Crippen molar-refractivity contribution in [3.63, 3.8) is 0 Å². The summed E-state index contributed by atoms with van der Waals surface area (Å²) in [6, 6.07) is 6.91. The Labute approximate surface area is 168 Å². The minimum atomic E-state index is -4.35. The molecule has 1 N–H and O–H groups in total. The quantitative estimate of drug-likeness (QED) is 0.639. The fourth-order valence-corrected chi connectivity index (χ4v) is 5.28. The highest BCUT2D eigenvalue weighted by Gasteiger charge is 2.36. The third-order valence-electron chi connectivity index (χ3n) is 3.29. The summed E-state index contributed by atoms with van der Waals surface area (Å²) < 4.78 is 27.6. The Morgan fingerprint density at radius 1 is 1.12 bits per heavy atom. The molecule has 10 heteroatoms. The molecule has 2 aromatic carbocycles. The van der Waals surface area contributed by atoms with Crippen molar-refractivity contribution in [2.45, 2.75) is 17.9 Å². The van der Waals surface area contributed by atoms with Gasteiger partial charge in [0.2, 0.25) is 0 Å². The van der Waals surface area contributed by atoms with Gasteiger partial charge in [0.05, 0.1) is 15.7 Å². The van der Waals surface area contributed by atoms with Crippen molar-refractivity contribution in [3.05, 3.63) is 55.9 Å². The summed E-state index contributed by atoms with van der Waals surface area (Å²) in [7, 11) is -4.35. The second-order valence-electron chi connectivity index (χ2n) is 4.99. The molecular weight excluding hydrogens is 476 g/mol. The number of aliphatic carboxylic acids is 1. The molecule has 0 bridgehead atoms. The number of carboxylic acids is 1. The van der Waals surface area contributed by atoms with Gasteiger partial charge in [0.15, 0.2) is 0 Å². The van der Waals surface area contributed by atoms with Gasteiger partial charge in [-0.25, -0.2) is 13.2 Å². The minimum absolute atomic E-state index is 0.0100. The standard InChI is InChI=1S/C15H11BrCl3NO4S/c1-8(15(21)22)20(13-5-2-9(16)6-12(13)19)25(23,24)14-7-10(17)3-4-11(14)18/h2-8H,1H3,(H,21,22). The lowest BCUT2D eigenvalue weighted by atomic mass is 10.2. The Morgan fingerprint density at radius 3 is 2.32 bits per heavy atom. The number of benzene rings is 2. The molecule has 0 amide bonds. The van der Waals surface area contributed by atoms with Gasteiger partial charge >= 0.3 is 5.97 Å². The number of sulfonamides is 1. The Bertz CT molecular complexity index is 936. The fourth-order valence-electron chi connectivity index (χ4n) is 2.09. The molecule has 0 heterocycles.